The van der Waals surface area contributed by atoms with E-state index in [0.717, 1.165) is 49.6 Å². The van der Waals surface area contributed by atoms with Gasteiger partial charge in [0.2, 0.25) is 23.6 Å². The van der Waals surface area contributed by atoms with Crippen molar-refractivity contribution in [1.82, 2.24) is 45.5 Å². The molecule has 2 aliphatic heterocycles. The zero-order valence-electron chi connectivity index (χ0n) is 43.5. The van der Waals surface area contributed by atoms with Gasteiger partial charge in [-0.3, -0.25) is 33.4 Å². The number of aliphatic hydroxyl groups is 1. The molecule has 3 aromatic heterocycles. The molecule has 19 nitrogen and oxygen atoms in total. The van der Waals surface area contributed by atoms with Gasteiger partial charge < -0.3 is 50.1 Å². The Labute approximate surface area is 435 Å². The van der Waals surface area contributed by atoms with Gasteiger partial charge >= 0.3 is 0 Å². The zero-order valence-corrected chi connectivity index (χ0v) is 44.4. The second kappa shape index (κ2) is 24.6. The number of ether oxygens (including phenoxy) is 3. The number of carbonyl (C=O) groups excluding carboxylic acids is 5. The van der Waals surface area contributed by atoms with Crippen molar-refractivity contribution in [1.29, 1.82) is 0 Å². The molecular formula is C54H69N9O10S. The van der Waals surface area contributed by atoms with Crippen LogP contribution in [0.15, 0.2) is 65.0 Å². The summed E-state index contributed by atoms with van der Waals surface area (Å²) in [6, 6.07) is 11.7. The number of carbonyl (C=O) groups is 5. The summed E-state index contributed by atoms with van der Waals surface area (Å²) < 4.78 is 18.6. The third-order valence-electron chi connectivity index (χ3n) is 13.2. The van der Waals surface area contributed by atoms with Crippen molar-refractivity contribution in [3.8, 4) is 10.4 Å². The fourth-order valence-corrected chi connectivity index (χ4v) is 10.0. The fraction of sp³-hybridized carbons (Fsp3) is 0.481. The van der Waals surface area contributed by atoms with E-state index in [9.17, 15) is 33.9 Å². The number of nitrogens with zero attached hydrogens (tertiary/aromatic N) is 5. The second-order valence-corrected chi connectivity index (χ2v) is 21.1. The van der Waals surface area contributed by atoms with Crippen LogP contribution in [-0.2, 0) is 46.5 Å². The maximum atomic E-state index is 14.0. The van der Waals surface area contributed by atoms with Crippen molar-refractivity contribution in [2.75, 3.05) is 59.3 Å². The molecule has 74 heavy (non-hydrogen) atoms. The Morgan fingerprint density at radius 3 is 2.28 bits per heavy atom. The van der Waals surface area contributed by atoms with Crippen LogP contribution in [0, 0.1) is 26.2 Å². The third-order valence-corrected chi connectivity index (χ3v) is 14.2. The molecule has 2 aliphatic rings. The number of thiazole rings is 1. The van der Waals surface area contributed by atoms with Crippen LogP contribution in [0.5, 0.6) is 0 Å². The molecule has 0 radical (unpaired) electrons. The van der Waals surface area contributed by atoms with Crippen molar-refractivity contribution < 1.29 is 43.3 Å². The van der Waals surface area contributed by atoms with Gasteiger partial charge in [-0.2, -0.15) is 5.10 Å². The Morgan fingerprint density at radius 2 is 1.64 bits per heavy atom. The summed E-state index contributed by atoms with van der Waals surface area (Å²) in [6.07, 6.45) is 3.43. The van der Waals surface area contributed by atoms with E-state index >= 15 is 0 Å². The smallest absolute Gasteiger partial charge is 0.253 e. The van der Waals surface area contributed by atoms with Crippen LogP contribution in [0.3, 0.4) is 0 Å². The van der Waals surface area contributed by atoms with Gasteiger partial charge in [-0.25, -0.2) is 4.98 Å². The standard InChI is InChI=1S/C54H69N9O10S/c1-32(2)63-44-23-39(22-41(43(44)27-58-63)50(67)56-26-42-33(3)21-34(4)59-51(42)68)37-13-15-61(16-14-37)47(66)30-73-20-18-71-17-19-72-29-46(65)60-49(54(6,7)8)53(70)62-28-40(64)24-45(62)52(69)55-25-36-9-11-38(12-10-36)48-35(5)57-31-74-48/h9-13,21-23,27,31-32,40,45,49,64H,14-20,24-26,28-30H2,1-8H3,(H,55,69)(H,56,67)(H,59,68)(H,60,65)/t40-,45+,49-/m1/s1. The van der Waals surface area contributed by atoms with Gasteiger partial charge in [-0.05, 0) is 92.5 Å². The SMILES string of the molecule is Cc1cc(C)c(CNC(=O)c2cc(C3=CCN(C(=O)COCCOCCOCC(=O)N[C@H](C(=O)N4C[C@H](O)C[C@H]4C(=O)NCc4ccc(-c5scnc5C)cc4)C(C)(C)C)CC3)cc3c2cnn3C(C)C)c(=O)[nH]1. The summed E-state index contributed by atoms with van der Waals surface area (Å²) in [5.74, 6) is -1.87. The number of hydrogen-bond acceptors (Lipinski definition) is 13. The van der Waals surface area contributed by atoms with Crippen LogP contribution in [0.1, 0.15) is 97.5 Å². The molecule has 5 aromatic rings. The van der Waals surface area contributed by atoms with E-state index in [2.05, 4.69) is 31.0 Å². The molecule has 5 N–H and O–H groups in total. The summed E-state index contributed by atoms with van der Waals surface area (Å²) in [6.45, 7) is 16.3. The number of H-pyrrole nitrogens is 1. The number of β-amino-alcohol motifs (C(OH)–C–C–N with tert-alkyl or cyclic N) is 1. The highest BCUT2D eigenvalue weighted by molar-refractivity contribution is 7.13. The topological polar surface area (TPSA) is 239 Å². The Kier molecular flexibility index (Phi) is 18.4. The molecule has 0 unspecified atom stereocenters. The molecule has 5 amide bonds. The lowest BCUT2D eigenvalue weighted by molar-refractivity contribution is -0.144. The minimum atomic E-state index is -1.000. The minimum Gasteiger partial charge on any atom is -0.391 e. The number of pyridine rings is 1. The molecule has 0 aliphatic carbocycles. The molecule has 7 rings (SSSR count). The number of benzene rings is 2. The first kappa shape index (κ1) is 55.2. The van der Waals surface area contributed by atoms with E-state index in [0.29, 0.717) is 36.0 Å². The van der Waals surface area contributed by atoms with E-state index in [1.54, 1.807) is 27.9 Å². The van der Waals surface area contributed by atoms with Crippen LogP contribution in [0.25, 0.3) is 26.9 Å². The first-order chi connectivity index (χ1) is 35.3. The number of aromatic amines is 1. The second-order valence-electron chi connectivity index (χ2n) is 20.2. The van der Waals surface area contributed by atoms with E-state index in [4.69, 9.17) is 14.2 Å². The molecule has 0 spiro atoms. The molecule has 0 bridgehead atoms. The number of amides is 5. The van der Waals surface area contributed by atoms with Gasteiger partial charge in [0.05, 0.1) is 65.9 Å². The number of nitrogens with one attached hydrogen (secondary N) is 4. The lowest BCUT2D eigenvalue weighted by Gasteiger charge is -2.35. The predicted octanol–water partition coefficient (Wildman–Crippen LogP) is 4.76. The van der Waals surface area contributed by atoms with Crippen molar-refractivity contribution >= 4 is 57.3 Å². The van der Waals surface area contributed by atoms with Gasteiger partial charge in [0, 0.05) is 61.8 Å². The molecule has 20 heteroatoms. The van der Waals surface area contributed by atoms with Crippen LogP contribution in [-0.4, -0.2) is 142 Å². The number of aromatic nitrogens is 4. The van der Waals surface area contributed by atoms with Crippen LogP contribution < -0.4 is 21.5 Å². The van der Waals surface area contributed by atoms with Gasteiger partial charge in [-0.15, -0.1) is 11.3 Å². The predicted molar refractivity (Wildman–Crippen MR) is 281 cm³/mol. The third kappa shape index (κ3) is 13.8. The number of aliphatic hydroxyl groups excluding tert-OH is 1. The molecule has 1 saturated heterocycles. The van der Waals surface area contributed by atoms with Crippen molar-refractivity contribution in [3.63, 3.8) is 0 Å². The Morgan fingerprint density at radius 1 is 0.919 bits per heavy atom. The van der Waals surface area contributed by atoms with Gasteiger partial charge in [0.15, 0.2) is 0 Å². The highest BCUT2D eigenvalue weighted by Gasteiger charge is 2.44. The molecule has 396 valence electrons. The van der Waals surface area contributed by atoms with Gasteiger partial charge in [-0.1, -0.05) is 51.1 Å². The largest absolute Gasteiger partial charge is 0.391 e. The van der Waals surface area contributed by atoms with Crippen LogP contribution in [0.4, 0.5) is 0 Å². The van der Waals surface area contributed by atoms with Gasteiger partial charge in [0.1, 0.15) is 25.3 Å². The monoisotopic (exact) mass is 1040 g/mol. The number of hydrogen-bond donors (Lipinski definition) is 5. The molecule has 2 aromatic carbocycles. The van der Waals surface area contributed by atoms with Crippen molar-refractivity contribution in [2.45, 2.75) is 106 Å². The molecular weight excluding hydrogens is 967 g/mol. The molecule has 3 atom stereocenters. The number of fused-ring (bicyclic) bond motifs is 1. The lowest BCUT2D eigenvalue weighted by Crippen LogP contribution is -2.58. The van der Waals surface area contributed by atoms with Crippen LogP contribution in [0.2, 0.25) is 0 Å². The maximum Gasteiger partial charge on any atom is 0.253 e. The summed E-state index contributed by atoms with van der Waals surface area (Å²) in [5.41, 5.74) is 8.88. The Hall–Kier alpha value is -6.58. The number of likely N-dealkylation sites (tertiary alicyclic amines) is 1. The average molecular weight is 1040 g/mol. The van der Waals surface area contributed by atoms with E-state index in [1.807, 2.05) is 109 Å². The zero-order chi connectivity index (χ0) is 53.3. The maximum absolute atomic E-state index is 14.0. The number of aryl methyl sites for hydroxylation is 3. The first-order valence-corrected chi connectivity index (χ1v) is 25.9. The quantitative estimate of drug-likeness (QED) is 0.0626. The van der Waals surface area contributed by atoms with Gasteiger partial charge in [0.25, 0.3) is 11.5 Å². The van der Waals surface area contributed by atoms with E-state index in [1.165, 1.54) is 4.90 Å². The lowest BCUT2D eigenvalue weighted by atomic mass is 9.85. The highest BCUT2D eigenvalue weighted by atomic mass is 32.1. The van der Waals surface area contributed by atoms with Crippen molar-refractivity contribution in [2.24, 2.45) is 5.41 Å². The molecule has 1 fully saturated rings. The van der Waals surface area contributed by atoms with E-state index < -0.39 is 41.3 Å². The number of rotatable bonds is 21. The molecule has 5 heterocycles. The minimum absolute atomic E-state index is 0.0391. The summed E-state index contributed by atoms with van der Waals surface area (Å²) in [7, 11) is 0. The normalized spacial score (nSPS) is 16.4. The first-order valence-electron chi connectivity index (χ1n) is 25.0. The fourth-order valence-electron chi connectivity index (χ4n) is 9.19. The van der Waals surface area contributed by atoms with Crippen LogP contribution >= 0.6 is 11.3 Å². The summed E-state index contributed by atoms with van der Waals surface area (Å²) in [4.78, 5) is 91.2. The highest BCUT2D eigenvalue weighted by Crippen LogP contribution is 2.31. The Bertz CT molecular complexity index is 2920. The Balaban J connectivity index is 0.810. The average Bonchev–Trinajstić information content (AvgIpc) is 4.11. The van der Waals surface area contributed by atoms with Crippen molar-refractivity contribution in [3.05, 3.63) is 110 Å². The van der Waals surface area contributed by atoms with E-state index in [-0.39, 0.29) is 89.1 Å². The summed E-state index contributed by atoms with van der Waals surface area (Å²) >= 11 is 1.56. The molecule has 0 saturated carbocycles. The summed E-state index contributed by atoms with van der Waals surface area (Å²) in [5, 5.41) is 24.5.